The van der Waals surface area contributed by atoms with Crippen molar-refractivity contribution in [2.24, 2.45) is 0 Å². The minimum atomic E-state index is 0.571. The average Bonchev–Trinajstić information content (AvgIpc) is 2.69. The minimum absolute atomic E-state index is 0.571. The predicted octanol–water partition coefficient (Wildman–Crippen LogP) is 3.70. The van der Waals surface area contributed by atoms with E-state index in [9.17, 15) is 0 Å². The molecule has 15 heavy (non-hydrogen) atoms. The van der Waals surface area contributed by atoms with E-state index in [0.29, 0.717) is 11.6 Å². The van der Waals surface area contributed by atoms with Crippen LogP contribution in [0.15, 0.2) is 39.7 Å². The number of rotatable bonds is 3. The molecule has 2 rings (SSSR count). The number of halogens is 2. The Bertz CT molecular complexity index is 445. The normalized spacial score (nSPS) is 10.3. The Kier molecular flexibility index (Phi) is 3.28. The lowest BCUT2D eigenvalue weighted by molar-refractivity contribution is 0.512. The second kappa shape index (κ2) is 4.68. The van der Waals surface area contributed by atoms with Crippen LogP contribution in [-0.2, 0) is 6.54 Å². The first-order chi connectivity index (χ1) is 7.25. The molecule has 0 bridgehead atoms. The second-order valence-corrected chi connectivity index (χ2v) is 4.27. The fourth-order valence-electron chi connectivity index (χ4n) is 1.14. The van der Waals surface area contributed by atoms with E-state index in [2.05, 4.69) is 26.2 Å². The first-order valence-corrected chi connectivity index (χ1v) is 5.49. The van der Waals surface area contributed by atoms with Gasteiger partial charge in [0, 0.05) is 4.47 Å². The van der Waals surface area contributed by atoms with Gasteiger partial charge in [-0.25, -0.2) is 4.98 Å². The van der Waals surface area contributed by atoms with Crippen LogP contribution in [0.5, 0.6) is 0 Å². The number of hydrogen-bond donors (Lipinski definition) is 1. The molecule has 0 amide bonds. The first kappa shape index (κ1) is 10.5. The molecular weight excluding hydrogens is 279 g/mol. The van der Waals surface area contributed by atoms with E-state index < -0.39 is 0 Å². The van der Waals surface area contributed by atoms with Crippen molar-refractivity contribution in [3.05, 3.63) is 46.0 Å². The lowest BCUT2D eigenvalue weighted by Gasteiger charge is -2.06. The van der Waals surface area contributed by atoms with Crippen molar-refractivity contribution in [3.8, 4) is 0 Å². The second-order valence-electron chi connectivity index (χ2n) is 2.95. The lowest BCUT2D eigenvalue weighted by Crippen LogP contribution is -1.98. The van der Waals surface area contributed by atoms with Crippen LogP contribution in [0.1, 0.15) is 5.76 Å². The molecule has 0 spiro atoms. The summed E-state index contributed by atoms with van der Waals surface area (Å²) in [5.41, 5.74) is 0.872. The fraction of sp³-hybridized carbons (Fsp3) is 0.100. The fourth-order valence-corrected chi connectivity index (χ4v) is 1.88. The zero-order valence-electron chi connectivity index (χ0n) is 7.71. The molecule has 0 radical (unpaired) electrons. The number of aromatic nitrogens is 1. The van der Waals surface area contributed by atoms with Crippen LogP contribution in [0.4, 0.5) is 5.69 Å². The smallest absolute Gasteiger partial charge is 0.180 e. The Labute approximate surface area is 101 Å². The molecule has 78 valence electrons. The van der Waals surface area contributed by atoms with Gasteiger partial charge in [-0.15, -0.1) is 0 Å². The summed E-state index contributed by atoms with van der Waals surface area (Å²) in [6.45, 7) is 0.571. The summed E-state index contributed by atoms with van der Waals surface area (Å²) in [4.78, 5) is 3.82. The van der Waals surface area contributed by atoms with Crippen LogP contribution in [0.2, 0.25) is 5.02 Å². The molecule has 1 aromatic carbocycles. The molecule has 0 aliphatic carbocycles. The third-order valence-corrected chi connectivity index (χ3v) is 2.67. The van der Waals surface area contributed by atoms with Crippen molar-refractivity contribution in [3.63, 3.8) is 0 Å². The van der Waals surface area contributed by atoms with Crippen molar-refractivity contribution in [1.82, 2.24) is 4.98 Å². The maximum atomic E-state index is 6.03. The summed E-state index contributed by atoms with van der Waals surface area (Å²) >= 11 is 9.38. The van der Waals surface area contributed by atoms with E-state index in [-0.39, 0.29) is 0 Å². The van der Waals surface area contributed by atoms with Gasteiger partial charge in [-0.05, 0) is 18.2 Å². The van der Waals surface area contributed by atoms with Gasteiger partial charge < -0.3 is 9.73 Å². The molecule has 0 unspecified atom stereocenters. The van der Waals surface area contributed by atoms with Crippen LogP contribution >= 0.6 is 27.5 Å². The van der Waals surface area contributed by atoms with Crippen molar-refractivity contribution in [2.75, 3.05) is 5.32 Å². The van der Waals surface area contributed by atoms with Gasteiger partial charge in [-0.2, -0.15) is 0 Å². The summed E-state index contributed by atoms with van der Waals surface area (Å²) in [6, 6.07) is 5.67. The maximum Gasteiger partial charge on any atom is 0.180 e. The van der Waals surface area contributed by atoms with Crippen molar-refractivity contribution in [1.29, 1.82) is 0 Å². The van der Waals surface area contributed by atoms with Gasteiger partial charge in [0.25, 0.3) is 0 Å². The number of anilines is 1. The molecule has 0 saturated heterocycles. The molecule has 0 aliphatic heterocycles. The van der Waals surface area contributed by atoms with Crippen molar-refractivity contribution < 1.29 is 4.42 Å². The number of hydrogen-bond acceptors (Lipinski definition) is 3. The molecule has 2 aromatic rings. The van der Waals surface area contributed by atoms with Crippen molar-refractivity contribution >= 4 is 33.2 Å². The van der Waals surface area contributed by atoms with Crippen LogP contribution in [0.25, 0.3) is 0 Å². The highest BCUT2D eigenvalue weighted by Crippen LogP contribution is 2.25. The van der Waals surface area contributed by atoms with Gasteiger partial charge in [0.2, 0.25) is 0 Å². The largest absolute Gasteiger partial charge is 0.447 e. The van der Waals surface area contributed by atoms with E-state index in [0.717, 1.165) is 15.9 Å². The van der Waals surface area contributed by atoms with Crippen LogP contribution in [0.3, 0.4) is 0 Å². The highest BCUT2D eigenvalue weighted by atomic mass is 79.9. The molecule has 1 aromatic heterocycles. The molecule has 0 fully saturated rings. The molecule has 0 saturated carbocycles. The molecule has 0 aliphatic rings. The Morgan fingerprint density at radius 3 is 3.00 bits per heavy atom. The first-order valence-electron chi connectivity index (χ1n) is 4.32. The third-order valence-electron chi connectivity index (χ3n) is 1.87. The van der Waals surface area contributed by atoms with Gasteiger partial charge in [0.15, 0.2) is 6.39 Å². The zero-order valence-corrected chi connectivity index (χ0v) is 10.0. The molecular formula is C10H8BrClN2O. The van der Waals surface area contributed by atoms with Gasteiger partial charge in [0.05, 0.1) is 23.5 Å². The molecule has 3 nitrogen and oxygen atoms in total. The summed E-state index contributed by atoms with van der Waals surface area (Å²) in [5, 5.41) is 3.83. The number of nitrogens with zero attached hydrogens (tertiary/aromatic N) is 1. The maximum absolute atomic E-state index is 6.03. The van der Waals surface area contributed by atoms with Gasteiger partial charge >= 0.3 is 0 Å². The minimum Gasteiger partial charge on any atom is -0.447 e. The van der Waals surface area contributed by atoms with E-state index in [1.54, 1.807) is 6.20 Å². The van der Waals surface area contributed by atoms with E-state index in [1.165, 1.54) is 6.39 Å². The van der Waals surface area contributed by atoms with Crippen LogP contribution < -0.4 is 5.32 Å². The summed E-state index contributed by atoms with van der Waals surface area (Å²) in [5.74, 6) is 0.772. The van der Waals surface area contributed by atoms with Crippen molar-refractivity contribution in [2.45, 2.75) is 6.54 Å². The predicted molar refractivity (Wildman–Crippen MR) is 63.0 cm³/mol. The summed E-state index contributed by atoms with van der Waals surface area (Å²) in [6.07, 6.45) is 3.07. The van der Waals surface area contributed by atoms with E-state index in [1.807, 2.05) is 18.2 Å². The topological polar surface area (TPSA) is 38.1 Å². The van der Waals surface area contributed by atoms with Crippen LogP contribution in [-0.4, -0.2) is 4.98 Å². The Morgan fingerprint density at radius 2 is 2.33 bits per heavy atom. The molecule has 1 N–H and O–H groups in total. The monoisotopic (exact) mass is 286 g/mol. The Balaban J connectivity index is 2.05. The molecule has 0 atom stereocenters. The highest BCUT2D eigenvalue weighted by Gasteiger charge is 2.01. The number of benzene rings is 1. The quantitative estimate of drug-likeness (QED) is 0.935. The number of nitrogens with one attached hydrogen (secondary N) is 1. The molecule has 5 heteroatoms. The van der Waals surface area contributed by atoms with Gasteiger partial charge in [-0.1, -0.05) is 27.5 Å². The van der Waals surface area contributed by atoms with Gasteiger partial charge in [0.1, 0.15) is 5.76 Å². The number of oxazole rings is 1. The lowest BCUT2D eigenvalue weighted by atomic mass is 10.3. The van der Waals surface area contributed by atoms with E-state index in [4.69, 9.17) is 16.0 Å². The van der Waals surface area contributed by atoms with Crippen LogP contribution in [0, 0.1) is 0 Å². The Hall–Kier alpha value is -1.00. The average molecular weight is 288 g/mol. The van der Waals surface area contributed by atoms with E-state index >= 15 is 0 Å². The SMILES string of the molecule is Clc1cc(Br)ccc1NCc1cnco1. The third kappa shape index (κ3) is 2.73. The zero-order chi connectivity index (χ0) is 10.7. The molecule has 1 heterocycles. The van der Waals surface area contributed by atoms with Gasteiger partial charge in [-0.3, -0.25) is 0 Å². The summed E-state index contributed by atoms with van der Waals surface area (Å²) in [7, 11) is 0. The highest BCUT2D eigenvalue weighted by molar-refractivity contribution is 9.10. The summed E-state index contributed by atoms with van der Waals surface area (Å²) < 4.78 is 6.05. The standard InChI is InChI=1S/C10H8BrClN2O/c11-7-1-2-10(9(12)3-7)14-5-8-4-13-6-15-8/h1-4,6,14H,5H2. The Morgan fingerprint density at radius 1 is 1.47 bits per heavy atom.